The lowest BCUT2D eigenvalue weighted by atomic mass is 10.3. The van der Waals surface area contributed by atoms with Crippen molar-refractivity contribution in [3.63, 3.8) is 0 Å². The summed E-state index contributed by atoms with van der Waals surface area (Å²) in [5, 5.41) is 0.266. The van der Waals surface area contributed by atoms with Crippen molar-refractivity contribution in [3.05, 3.63) is 53.1 Å². The number of thiazole rings is 1. The number of rotatable bonds is 6. The summed E-state index contributed by atoms with van der Waals surface area (Å²) in [7, 11) is 1.61. The zero-order chi connectivity index (χ0) is 17.8. The number of ether oxygens (including phenoxy) is 2. The molecule has 2 aromatic heterocycles. The van der Waals surface area contributed by atoms with Crippen LogP contribution in [-0.2, 0) is 6.61 Å². The van der Waals surface area contributed by atoms with Gasteiger partial charge in [-0.05, 0) is 37.3 Å². The number of nitrogens with two attached hydrogens (primary N) is 1. The largest absolute Gasteiger partial charge is 0.497 e. The first-order chi connectivity index (χ1) is 12.1. The molecule has 0 fully saturated rings. The van der Waals surface area contributed by atoms with Gasteiger partial charge in [-0.25, -0.2) is 15.0 Å². The van der Waals surface area contributed by atoms with Crippen LogP contribution in [0.4, 0.5) is 0 Å². The van der Waals surface area contributed by atoms with E-state index in [-0.39, 0.29) is 11.6 Å². The molecule has 1 amide bonds. The number of amides is 1. The highest BCUT2D eigenvalue weighted by Gasteiger charge is 2.15. The summed E-state index contributed by atoms with van der Waals surface area (Å²) in [6, 6.07) is 9.03. The zero-order valence-corrected chi connectivity index (χ0v) is 14.5. The average Bonchev–Trinajstić information content (AvgIpc) is 3.03. The molecule has 0 saturated carbocycles. The topological polar surface area (TPSA) is 100 Å². The molecule has 0 unspecified atom stereocenters. The van der Waals surface area contributed by atoms with E-state index in [1.54, 1.807) is 19.4 Å². The number of methoxy groups -OCH3 is 1. The third-order valence-electron chi connectivity index (χ3n) is 3.37. The highest BCUT2D eigenvalue weighted by molar-refractivity contribution is 7.17. The van der Waals surface area contributed by atoms with E-state index in [2.05, 4.69) is 15.0 Å². The van der Waals surface area contributed by atoms with E-state index >= 15 is 0 Å². The van der Waals surface area contributed by atoms with Gasteiger partial charge < -0.3 is 15.2 Å². The first-order valence-corrected chi connectivity index (χ1v) is 8.25. The number of nitrogens with zero attached hydrogens (tertiary/aromatic N) is 3. The molecular formula is C17H16N4O3S. The molecule has 0 radical (unpaired) electrons. The van der Waals surface area contributed by atoms with Crippen molar-refractivity contribution < 1.29 is 14.3 Å². The van der Waals surface area contributed by atoms with Crippen LogP contribution in [0, 0.1) is 6.92 Å². The van der Waals surface area contributed by atoms with Crippen LogP contribution in [0.25, 0.3) is 10.6 Å². The van der Waals surface area contributed by atoms with E-state index in [0.29, 0.717) is 23.0 Å². The molecule has 0 aliphatic heterocycles. The molecular weight excluding hydrogens is 340 g/mol. The molecule has 8 heteroatoms. The predicted octanol–water partition coefficient (Wildman–Crippen LogP) is 2.60. The molecule has 1 aromatic carbocycles. The van der Waals surface area contributed by atoms with Gasteiger partial charge in [-0.1, -0.05) is 0 Å². The number of hydrogen-bond acceptors (Lipinski definition) is 7. The lowest BCUT2D eigenvalue weighted by molar-refractivity contribution is 0.1000. The van der Waals surface area contributed by atoms with Crippen molar-refractivity contribution in [2.75, 3.05) is 7.11 Å². The molecule has 0 atom stereocenters. The van der Waals surface area contributed by atoms with Gasteiger partial charge in [0.15, 0.2) is 10.8 Å². The third kappa shape index (κ3) is 3.92. The number of carbonyl (C=O) groups is 1. The zero-order valence-electron chi connectivity index (χ0n) is 13.7. The van der Waals surface area contributed by atoms with Crippen molar-refractivity contribution in [1.82, 2.24) is 15.0 Å². The van der Waals surface area contributed by atoms with Crippen LogP contribution >= 0.6 is 11.3 Å². The summed E-state index contributed by atoms with van der Waals surface area (Å²) in [4.78, 5) is 24.9. The number of hydrogen-bond donors (Lipinski definition) is 1. The van der Waals surface area contributed by atoms with Crippen molar-refractivity contribution in [1.29, 1.82) is 0 Å². The van der Waals surface area contributed by atoms with E-state index in [9.17, 15) is 4.79 Å². The molecule has 0 saturated heterocycles. The number of carbonyl (C=O) groups excluding carboxylic acids is 1. The second-order valence-corrected chi connectivity index (χ2v) is 6.12. The maximum absolute atomic E-state index is 11.3. The van der Waals surface area contributed by atoms with Crippen molar-refractivity contribution in [2.24, 2.45) is 5.73 Å². The Hall–Kier alpha value is -3.00. The van der Waals surface area contributed by atoms with Crippen LogP contribution in [0.2, 0.25) is 0 Å². The van der Waals surface area contributed by atoms with Crippen LogP contribution in [0.5, 0.6) is 11.5 Å². The molecule has 2 N–H and O–H groups in total. The van der Waals surface area contributed by atoms with E-state index < -0.39 is 5.91 Å². The van der Waals surface area contributed by atoms with Crippen LogP contribution in [0.15, 0.2) is 36.5 Å². The van der Waals surface area contributed by atoms with Gasteiger partial charge in [-0.15, -0.1) is 11.3 Å². The summed E-state index contributed by atoms with van der Waals surface area (Å²) in [5.41, 5.74) is 6.68. The summed E-state index contributed by atoms with van der Waals surface area (Å²) in [6.45, 7) is 2.04. The Morgan fingerprint density at radius 1 is 1.16 bits per heavy atom. The number of primary amides is 1. The maximum atomic E-state index is 11.3. The van der Waals surface area contributed by atoms with Crippen LogP contribution in [-0.4, -0.2) is 28.0 Å². The third-order valence-corrected chi connectivity index (χ3v) is 4.57. The second kappa shape index (κ2) is 7.27. The number of benzene rings is 1. The molecule has 7 nitrogen and oxygen atoms in total. The fourth-order valence-corrected chi connectivity index (χ4v) is 3.04. The van der Waals surface area contributed by atoms with Crippen LogP contribution < -0.4 is 15.2 Å². The Labute approximate surface area is 148 Å². The highest BCUT2D eigenvalue weighted by Crippen LogP contribution is 2.28. The SMILES string of the molecule is COc1ccc(OCc2nccc(-c3sc(C(N)=O)nc3C)n2)cc1. The molecule has 0 spiro atoms. The van der Waals surface area contributed by atoms with E-state index in [1.165, 1.54) is 11.3 Å². The van der Waals surface area contributed by atoms with Crippen molar-refractivity contribution >= 4 is 17.2 Å². The molecule has 0 aliphatic rings. The van der Waals surface area contributed by atoms with E-state index in [1.807, 2.05) is 31.2 Å². The Balaban J connectivity index is 1.76. The fourth-order valence-electron chi connectivity index (χ4n) is 2.15. The molecule has 3 rings (SSSR count). The average molecular weight is 356 g/mol. The summed E-state index contributed by atoms with van der Waals surface area (Å²) in [5.74, 6) is 1.44. The Morgan fingerprint density at radius 2 is 1.88 bits per heavy atom. The Bertz CT molecular complexity index is 893. The Morgan fingerprint density at radius 3 is 2.52 bits per heavy atom. The second-order valence-electron chi connectivity index (χ2n) is 5.12. The van der Waals surface area contributed by atoms with Gasteiger partial charge in [0.1, 0.15) is 18.1 Å². The summed E-state index contributed by atoms with van der Waals surface area (Å²) in [6.07, 6.45) is 1.65. The minimum absolute atomic E-state index is 0.223. The minimum Gasteiger partial charge on any atom is -0.497 e. The lowest BCUT2D eigenvalue weighted by Gasteiger charge is -2.07. The van der Waals surface area contributed by atoms with Gasteiger partial charge in [0.2, 0.25) is 0 Å². The van der Waals surface area contributed by atoms with Gasteiger partial charge in [-0.2, -0.15) is 0 Å². The van der Waals surface area contributed by atoms with E-state index in [0.717, 1.165) is 10.6 Å². The smallest absolute Gasteiger partial charge is 0.277 e. The van der Waals surface area contributed by atoms with Crippen molar-refractivity contribution in [3.8, 4) is 22.1 Å². The highest BCUT2D eigenvalue weighted by atomic mass is 32.1. The first kappa shape index (κ1) is 16.8. The predicted molar refractivity (Wildman–Crippen MR) is 93.7 cm³/mol. The van der Waals surface area contributed by atoms with Crippen molar-refractivity contribution in [2.45, 2.75) is 13.5 Å². The molecule has 128 valence electrons. The molecule has 25 heavy (non-hydrogen) atoms. The summed E-state index contributed by atoms with van der Waals surface area (Å²) < 4.78 is 10.8. The molecule has 0 bridgehead atoms. The van der Waals surface area contributed by atoms with Gasteiger partial charge in [0.05, 0.1) is 23.4 Å². The lowest BCUT2D eigenvalue weighted by Crippen LogP contribution is -2.10. The quantitative estimate of drug-likeness (QED) is 0.729. The van der Waals surface area contributed by atoms with Gasteiger partial charge in [0, 0.05) is 6.20 Å². The van der Waals surface area contributed by atoms with Crippen LogP contribution in [0.1, 0.15) is 21.3 Å². The Kier molecular flexibility index (Phi) is 4.90. The number of aryl methyl sites for hydroxylation is 1. The van der Waals surface area contributed by atoms with Gasteiger partial charge >= 0.3 is 0 Å². The fraction of sp³-hybridized carbons (Fsp3) is 0.176. The van der Waals surface area contributed by atoms with Crippen LogP contribution in [0.3, 0.4) is 0 Å². The first-order valence-electron chi connectivity index (χ1n) is 7.43. The molecule has 0 aliphatic carbocycles. The van der Waals surface area contributed by atoms with Gasteiger partial charge in [0.25, 0.3) is 5.91 Å². The minimum atomic E-state index is -0.545. The van der Waals surface area contributed by atoms with Gasteiger partial charge in [-0.3, -0.25) is 4.79 Å². The monoisotopic (exact) mass is 356 g/mol. The summed E-state index contributed by atoms with van der Waals surface area (Å²) >= 11 is 1.22. The van der Waals surface area contributed by atoms with E-state index in [4.69, 9.17) is 15.2 Å². The number of aromatic nitrogens is 3. The normalized spacial score (nSPS) is 10.5. The standard InChI is InChI=1S/C17H16N4O3S/c1-10-15(25-17(20-10)16(18)22)13-7-8-19-14(21-13)9-24-12-5-3-11(23-2)4-6-12/h3-8H,9H2,1-2H3,(H2,18,22). The maximum Gasteiger partial charge on any atom is 0.277 e. The molecule has 2 heterocycles. The molecule has 3 aromatic rings.